The number of nitrogens with zero attached hydrogens (tertiary/aromatic N) is 2. The van der Waals surface area contributed by atoms with Crippen LogP contribution < -0.4 is 0 Å². The molecule has 1 aromatic carbocycles. The second kappa shape index (κ2) is 32.4. The summed E-state index contributed by atoms with van der Waals surface area (Å²) in [5, 5.41) is 7.50. The van der Waals surface area contributed by atoms with Gasteiger partial charge in [-0.05, 0) is 57.9 Å². The van der Waals surface area contributed by atoms with Gasteiger partial charge in [0.15, 0.2) is 0 Å². The maximum Gasteiger partial charge on any atom is 0.294 e. The van der Waals surface area contributed by atoms with Gasteiger partial charge in [-0.15, -0.1) is 0 Å². The van der Waals surface area contributed by atoms with Crippen LogP contribution in [0.1, 0.15) is 58.9 Å². The topological polar surface area (TPSA) is 116 Å². The van der Waals surface area contributed by atoms with E-state index in [0.717, 1.165) is 42.8 Å². The molecular weight excluding hydrogens is 1070 g/mol. The van der Waals surface area contributed by atoms with Crippen molar-refractivity contribution in [3.05, 3.63) is 44.7 Å². The summed E-state index contributed by atoms with van der Waals surface area (Å²) >= 11 is 8.86. The van der Waals surface area contributed by atoms with Gasteiger partial charge in [0.2, 0.25) is 11.8 Å². The largest absolute Gasteiger partial charge is 0.793 e. The maximum atomic E-state index is 10.5. The van der Waals surface area contributed by atoms with E-state index >= 15 is 0 Å². The van der Waals surface area contributed by atoms with Gasteiger partial charge in [-0.3, -0.25) is 4.55 Å². The van der Waals surface area contributed by atoms with Gasteiger partial charge < -0.3 is 46.6 Å². The molecule has 14 heteroatoms. The van der Waals surface area contributed by atoms with E-state index in [2.05, 4.69) is 22.9 Å². The molecule has 0 unspecified atom stereocenters. The second-order valence-electron chi connectivity index (χ2n) is 6.88. The molecule has 0 spiro atoms. The molecule has 0 aliphatic rings. The SMILES string of the molecule is CCOC(C)=NOCCCCS.CCOC(C)=NOCCCC[S-].Cc1ccc(S(=O)(=O)O)cc1.[CH3-].[CH3-].[Db].[Db]. The van der Waals surface area contributed by atoms with Crippen molar-refractivity contribution in [2.24, 2.45) is 10.3 Å². The number of hydrogen-bond donors (Lipinski definition) is 2. The first-order valence-electron chi connectivity index (χ1n) is 11.4. The van der Waals surface area contributed by atoms with Crippen molar-refractivity contribution in [1.82, 2.24) is 0 Å². The van der Waals surface area contributed by atoms with Crippen LogP contribution in [0.5, 0.6) is 0 Å². The van der Waals surface area contributed by atoms with Crippen LogP contribution in [0.4, 0.5) is 0 Å². The summed E-state index contributed by atoms with van der Waals surface area (Å²) in [6.07, 6.45) is 4.03. The molecule has 0 amide bonds. The number of hydrogen-bond acceptors (Lipinski definition) is 10. The molecule has 39 heavy (non-hydrogen) atoms. The predicted molar refractivity (Wildman–Crippen MR) is 160 cm³/mol. The molecular formula is C25H47Db2N2O7S3-3. The molecule has 0 saturated heterocycles. The van der Waals surface area contributed by atoms with Crippen molar-refractivity contribution in [3.8, 4) is 0 Å². The van der Waals surface area contributed by atoms with Gasteiger partial charge >= 0.3 is 0 Å². The van der Waals surface area contributed by atoms with Crippen LogP contribution in [0.25, 0.3) is 0 Å². The number of ether oxygens (including phenoxy) is 2. The van der Waals surface area contributed by atoms with Gasteiger partial charge in [-0.1, -0.05) is 34.4 Å². The molecule has 0 heterocycles. The van der Waals surface area contributed by atoms with Gasteiger partial charge in [0.05, 0.1) is 18.1 Å². The van der Waals surface area contributed by atoms with E-state index in [4.69, 9.17) is 36.3 Å². The van der Waals surface area contributed by atoms with Gasteiger partial charge in [0, 0.05) is 13.8 Å². The molecule has 0 aromatic heterocycles. The van der Waals surface area contributed by atoms with Crippen LogP contribution in [0.2, 0.25) is 0 Å². The summed E-state index contributed by atoms with van der Waals surface area (Å²) in [6.45, 7) is 11.8. The molecule has 1 aromatic rings. The third kappa shape index (κ3) is 34.4. The van der Waals surface area contributed by atoms with E-state index in [0.29, 0.717) is 38.2 Å². The zero-order valence-electron chi connectivity index (χ0n) is 24.8. The third-order valence-electron chi connectivity index (χ3n) is 3.69. The van der Waals surface area contributed by atoms with Crippen molar-refractivity contribution in [1.29, 1.82) is 0 Å². The third-order valence-corrected chi connectivity index (χ3v) is 5.16. The Kier molecular flexibility index (Phi) is 40.2. The number of oxime groups is 2. The van der Waals surface area contributed by atoms with Crippen LogP contribution in [0.3, 0.4) is 0 Å². The summed E-state index contributed by atoms with van der Waals surface area (Å²) in [5.74, 6) is 2.86. The van der Waals surface area contributed by atoms with Gasteiger partial charge in [0.1, 0.15) is 13.2 Å². The van der Waals surface area contributed by atoms with E-state index < -0.39 is 10.1 Å². The van der Waals surface area contributed by atoms with E-state index in [1.165, 1.54) is 12.1 Å². The first-order chi connectivity index (χ1) is 16.6. The van der Waals surface area contributed by atoms with Crippen molar-refractivity contribution < 1.29 is 32.1 Å². The normalized spacial score (nSPS) is 10.3. The summed E-state index contributed by atoms with van der Waals surface area (Å²) in [7, 11) is -4.02. The van der Waals surface area contributed by atoms with Gasteiger partial charge in [-0.2, -0.15) is 26.8 Å². The van der Waals surface area contributed by atoms with Gasteiger partial charge in [0.25, 0.3) is 10.1 Å². The molecule has 0 fully saturated rings. The van der Waals surface area contributed by atoms with Crippen LogP contribution in [-0.4, -0.2) is 62.7 Å². The number of aryl methyl sites for hydroxylation is 1. The first-order valence-corrected chi connectivity index (χ1v) is 14.1. The Labute approximate surface area is 236 Å². The van der Waals surface area contributed by atoms with E-state index in [9.17, 15) is 8.42 Å². The molecule has 0 atom stereocenters. The van der Waals surface area contributed by atoms with Crippen LogP contribution in [0, 0.1) is 21.8 Å². The summed E-state index contributed by atoms with van der Waals surface area (Å²) in [6, 6.07) is 5.99. The molecule has 9 nitrogen and oxygen atoms in total. The zero-order chi connectivity index (χ0) is 27.0. The number of benzene rings is 1. The minimum atomic E-state index is -4.02. The van der Waals surface area contributed by atoms with E-state index in [1.54, 1.807) is 26.0 Å². The summed E-state index contributed by atoms with van der Waals surface area (Å²) < 4.78 is 39.7. The smallest absolute Gasteiger partial charge is 0.294 e. The minimum Gasteiger partial charge on any atom is -0.793 e. The Bertz CT molecular complexity index is 769. The number of unbranched alkanes of at least 4 members (excludes halogenated alkanes) is 2. The molecule has 224 valence electrons. The Morgan fingerprint density at radius 3 is 1.62 bits per heavy atom. The van der Waals surface area contributed by atoms with Crippen LogP contribution in [0.15, 0.2) is 39.5 Å². The number of thiol groups is 1. The molecule has 0 aliphatic heterocycles. The monoisotopic (exact) mass is 1120 g/mol. The minimum absolute atomic E-state index is 0. The molecule has 0 radical (unpaired) electrons. The van der Waals surface area contributed by atoms with Crippen LogP contribution >= 0.6 is 12.6 Å². The molecule has 1 N–H and O–H groups in total. The summed E-state index contributed by atoms with van der Waals surface area (Å²) in [4.78, 5) is 9.88. The fourth-order valence-corrected chi connectivity index (χ4v) is 2.91. The molecule has 0 aliphatic carbocycles. The van der Waals surface area contributed by atoms with Crippen molar-refractivity contribution in [2.75, 3.05) is 37.9 Å². The fraction of sp³-hybridized carbons (Fsp3) is 0.600. The van der Waals surface area contributed by atoms with E-state index in [1.807, 2.05) is 20.8 Å². The average Bonchev–Trinajstić information content (AvgIpc) is 2.80. The Hall–Kier alpha value is -3.63. The summed E-state index contributed by atoms with van der Waals surface area (Å²) in [5.41, 5.74) is 0.956. The molecule has 0 bridgehead atoms. The van der Waals surface area contributed by atoms with Crippen molar-refractivity contribution in [2.45, 2.75) is 65.2 Å². The fourth-order valence-electron chi connectivity index (χ4n) is 2.00. The second-order valence-corrected chi connectivity index (χ2v) is 9.16. The van der Waals surface area contributed by atoms with Crippen LogP contribution in [-0.2, 0) is 41.9 Å². The number of rotatable bonds is 13. The zero-order valence-corrected chi connectivity index (χ0v) is 40.2. The van der Waals surface area contributed by atoms with E-state index in [-0.39, 0.29) is 19.7 Å². The van der Waals surface area contributed by atoms with Crippen molar-refractivity contribution >= 4 is 47.2 Å². The predicted octanol–water partition coefficient (Wildman–Crippen LogP) is 5.93. The molecule has 1 rings (SSSR count). The quantitative estimate of drug-likeness (QED) is 0.0366. The average molecular weight is 1120 g/mol. The Morgan fingerprint density at radius 2 is 1.28 bits per heavy atom. The first kappa shape index (κ1) is 48.4. The Balaban J connectivity index is -0.0000000996. The maximum absolute atomic E-state index is 10.5. The van der Waals surface area contributed by atoms with Gasteiger partial charge in [-0.25, -0.2) is 0 Å². The Morgan fingerprint density at radius 1 is 0.872 bits per heavy atom. The standard InChI is InChI=1S/2C8H17NO2S.C7H8O3S.2CH3.2Db/c2*1-3-10-8(2)9-11-6-4-5-7-12;1-6-2-4-7(5-3-6)11(8,9)10;;;;/h2*12H,3-7H2,1-2H3;2-5H,1H3,(H,8,9,10);2*1H3;;/q;;;2*-1;;/p-1. The van der Waals surface area contributed by atoms with Crippen molar-refractivity contribution in [3.63, 3.8) is 0 Å². The molecule has 0 saturated carbocycles.